The quantitative estimate of drug-likeness (QED) is 0.710. The Hall–Kier alpha value is -0.580. The Balaban J connectivity index is 2.42. The number of rotatable bonds is 6. The van der Waals surface area contributed by atoms with Crippen LogP contribution in [0.2, 0.25) is 0 Å². The second kappa shape index (κ2) is 6.67. The van der Waals surface area contributed by atoms with Gasteiger partial charge in [-0.25, -0.2) is 4.98 Å². The average Bonchev–Trinajstić information content (AvgIpc) is 2.64. The van der Waals surface area contributed by atoms with E-state index in [2.05, 4.69) is 71.5 Å². The van der Waals surface area contributed by atoms with Gasteiger partial charge in [0.25, 0.3) is 0 Å². The number of halogens is 2. The van der Waals surface area contributed by atoms with Crippen molar-refractivity contribution in [3.05, 3.63) is 28.5 Å². The van der Waals surface area contributed by atoms with E-state index in [0.29, 0.717) is 5.88 Å². The summed E-state index contributed by atoms with van der Waals surface area (Å²) in [7, 11) is 4.23. The third kappa shape index (κ3) is 4.21. The van der Waals surface area contributed by atoms with E-state index in [4.69, 9.17) is 16.6 Å². The Bertz CT molecular complexity index is 619. The van der Waals surface area contributed by atoms with Crippen LogP contribution in [0.25, 0.3) is 11.0 Å². The molecule has 3 nitrogen and oxygen atoms in total. The molecule has 0 aliphatic heterocycles. The average molecular weight is 373 g/mol. The van der Waals surface area contributed by atoms with Crippen LogP contribution in [0.5, 0.6) is 0 Å². The highest BCUT2D eigenvalue weighted by Gasteiger charge is 2.22. The zero-order chi connectivity index (χ0) is 15.6. The Labute approximate surface area is 140 Å². The van der Waals surface area contributed by atoms with Crippen molar-refractivity contribution in [1.82, 2.24) is 14.5 Å². The van der Waals surface area contributed by atoms with Crippen LogP contribution in [-0.2, 0) is 13.0 Å². The normalized spacial score (nSPS) is 12.5. The van der Waals surface area contributed by atoms with Crippen LogP contribution in [0.15, 0.2) is 22.7 Å². The fourth-order valence-electron chi connectivity index (χ4n) is 2.94. The van der Waals surface area contributed by atoms with Crippen LogP contribution in [0, 0.1) is 5.41 Å². The van der Waals surface area contributed by atoms with Crippen molar-refractivity contribution >= 4 is 38.6 Å². The number of nitrogens with zero attached hydrogens (tertiary/aromatic N) is 3. The molecule has 0 N–H and O–H groups in total. The molecule has 2 rings (SSSR count). The third-order valence-electron chi connectivity index (χ3n) is 3.44. The summed E-state index contributed by atoms with van der Waals surface area (Å²) in [5, 5.41) is 0. The lowest BCUT2D eigenvalue weighted by Crippen LogP contribution is -2.32. The lowest BCUT2D eigenvalue weighted by molar-refractivity contribution is 0.211. The van der Waals surface area contributed by atoms with Crippen molar-refractivity contribution in [3.63, 3.8) is 0 Å². The fraction of sp³-hybridized carbons (Fsp3) is 0.562. The molecule has 0 aliphatic rings. The van der Waals surface area contributed by atoms with Crippen LogP contribution in [0.4, 0.5) is 0 Å². The summed E-state index contributed by atoms with van der Waals surface area (Å²) >= 11 is 9.47. The molecule has 1 aromatic heterocycles. The number of aromatic nitrogens is 2. The third-order valence-corrected chi connectivity index (χ3v) is 4.12. The fourth-order valence-corrected chi connectivity index (χ4v) is 3.46. The number of benzene rings is 1. The van der Waals surface area contributed by atoms with E-state index in [1.54, 1.807) is 0 Å². The Morgan fingerprint density at radius 1 is 1.33 bits per heavy atom. The Morgan fingerprint density at radius 2 is 2.05 bits per heavy atom. The molecule has 1 aromatic carbocycles. The SMILES string of the molecule is CN(C)CC(C)(C)Cn1c(CCCl)nc2cc(Br)ccc21. The van der Waals surface area contributed by atoms with Gasteiger partial charge in [-0.3, -0.25) is 0 Å². The highest BCUT2D eigenvalue weighted by atomic mass is 79.9. The molecule has 0 unspecified atom stereocenters. The van der Waals surface area contributed by atoms with Gasteiger partial charge in [0.1, 0.15) is 5.82 Å². The molecule has 0 fully saturated rings. The molecule has 2 aromatic rings. The highest BCUT2D eigenvalue weighted by Crippen LogP contribution is 2.26. The van der Waals surface area contributed by atoms with Gasteiger partial charge in [0.2, 0.25) is 0 Å². The van der Waals surface area contributed by atoms with Gasteiger partial charge in [0.05, 0.1) is 11.0 Å². The second-order valence-corrected chi connectivity index (χ2v) is 7.88. The summed E-state index contributed by atoms with van der Waals surface area (Å²) in [6.45, 7) is 6.56. The highest BCUT2D eigenvalue weighted by molar-refractivity contribution is 9.10. The molecule has 0 aliphatic carbocycles. The molecular weight excluding hydrogens is 350 g/mol. The molecule has 0 amide bonds. The molecular formula is C16H23BrClN3. The van der Waals surface area contributed by atoms with E-state index < -0.39 is 0 Å². The minimum absolute atomic E-state index is 0.172. The Kier molecular flexibility index (Phi) is 5.33. The van der Waals surface area contributed by atoms with Crippen molar-refractivity contribution < 1.29 is 0 Å². The topological polar surface area (TPSA) is 21.1 Å². The van der Waals surface area contributed by atoms with Crippen molar-refractivity contribution in [3.8, 4) is 0 Å². The molecule has 0 atom stereocenters. The molecule has 1 heterocycles. The predicted molar refractivity (Wildman–Crippen MR) is 94.2 cm³/mol. The molecule has 0 saturated heterocycles. The van der Waals surface area contributed by atoms with Crippen LogP contribution in [-0.4, -0.2) is 41.0 Å². The summed E-state index contributed by atoms with van der Waals surface area (Å²) in [6.07, 6.45) is 0.798. The summed E-state index contributed by atoms with van der Waals surface area (Å²) in [5.74, 6) is 1.67. The van der Waals surface area contributed by atoms with Gasteiger partial charge in [-0.1, -0.05) is 29.8 Å². The number of imidazole rings is 1. The van der Waals surface area contributed by atoms with Crippen LogP contribution in [0.1, 0.15) is 19.7 Å². The molecule has 0 spiro atoms. The molecule has 21 heavy (non-hydrogen) atoms. The smallest absolute Gasteiger partial charge is 0.111 e. The van der Waals surface area contributed by atoms with E-state index >= 15 is 0 Å². The van der Waals surface area contributed by atoms with E-state index in [-0.39, 0.29) is 5.41 Å². The number of alkyl halides is 1. The number of fused-ring (bicyclic) bond motifs is 1. The van der Waals surface area contributed by atoms with E-state index in [1.807, 2.05) is 0 Å². The maximum atomic E-state index is 5.95. The largest absolute Gasteiger partial charge is 0.327 e. The minimum atomic E-state index is 0.172. The van der Waals surface area contributed by atoms with Crippen molar-refractivity contribution in [1.29, 1.82) is 0 Å². The first-order valence-corrected chi connectivity index (χ1v) is 8.50. The summed E-state index contributed by atoms with van der Waals surface area (Å²) < 4.78 is 3.39. The minimum Gasteiger partial charge on any atom is -0.327 e. The number of hydrogen-bond donors (Lipinski definition) is 0. The zero-order valence-corrected chi connectivity index (χ0v) is 15.5. The second-order valence-electron chi connectivity index (χ2n) is 6.59. The van der Waals surface area contributed by atoms with E-state index in [1.165, 1.54) is 5.52 Å². The van der Waals surface area contributed by atoms with E-state index in [0.717, 1.165) is 35.3 Å². The van der Waals surface area contributed by atoms with Gasteiger partial charge in [-0.2, -0.15) is 0 Å². The monoisotopic (exact) mass is 371 g/mol. The van der Waals surface area contributed by atoms with Crippen LogP contribution >= 0.6 is 27.5 Å². The van der Waals surface area contributed by atoms with Gasteiger partial charge in [0.15, 0.2) is 0 Å². The lowest BCUT2D eigenvalue weighted by Gasteiger charge is -2.29. The van der Waals surface area contributed by atoms with Crippen molar-refractivity contribution in [2.24, 2.45) is 5.41 Å². The molecule has 5 heteroatoms. The van der Waals surface area contributed by atoms with Gasteiger partial charge >= 0.3 is 0 Å². The van der Waals surface area contributed by atoms with Gasteiger partial charge in [0, 0.05) is 29.9 Å². The summed E-state index contributed by atoms with van der Waals surface area (Å²) in [4.78, 5) is 6.99. The van der Waals surface area contributed by atoms with Gasteiger partial charge < -0.3 is 9.47 Å². The first kappa shape index (κ1) is 16.8. The van der Waals surface area contributed by atoms with Crippen molar-refractivity contribution in [2.75, 3.05) is 26.5 Å². The number of aryl methyl sites for hydroxylation is 1. The lowest BCUT2D eigenvalue weighted by atomic mass is 9.92. The van der Waals surface area contributed by atoms with Gasteiger partial charge in [-0.15, -0.1) is 11.6 Å². The molecule has 0 radical (unpaired) electrons. The maximum Gasteiger partial charge on any atom is 0.111 e. The predicted octanol–water partition coefficient (Wildman–Crippen LogP) is 4.17. The zero-order valence-electron chi connectivity index (χ0n) is 13.2. The van der Waals surface area contributed by atoms with Crippen LogP contribution in [0.3, 0.4) is 0 Å². The maximum absolute atomic E-state index is 5.95. The van der Waals surface area contributed by atoms with Gasteiger partial charge in [-0.05, 0) is 37.7 Å². The summed E-state index contributed by atoms with van der Waals surface area (Å²) in [6, 6.07) is 6.28. The molecule has 0 saturated carbocycles. The standard InChI is InChI=1S/C16H23BrClN3/c1-16(2,10-20(3)4)11-21-14-6-5-12(17)9-13(14)19-15(21)7-8-18/h5-6,9H,7-8,10-11H2,1-4H3. The van der Waals surface area contributed by atoms with Crippen LogP contribution < -0.4 is 0 Å². The first-order valence-electron chi connectivity index (χ1n) is 7.18. The number of hydrogen-bond acceptors (Lipinski definition) is 2. The molecule has 0 bridgehead atoms. The first-order chi connectivity index (χ1) is 9.82. The van der Waals surface area contributed by atoms with E-state index in [9.17, 15) is 0 Å². The summed E-state index contributed by atoms with van der Waals surface area (Å²) in [5.41, 5.74) is 2.39. The Morgan fingerprint density at radius 3 is 2.67 bits per heavy atom. The van der Waals surface area contributed by atoms with Crippen molar-refractivity contribution in [2.45, 2.75) is 26.8 Å². The molecule has 116 valence electrons.